The molecule has 2 nitrogen and oxygen atoms in total. The van der Waals surface area contributed by atoms with Gasteiger partial charge in [-0.2, -0.15) is 0 Å². The van der Waals surface area contributed by atoms with Gasteiger partial charge in [0.1, 0.15) is 11.6 Å². The van der Waals surface area contributed by atoms with Gasteiger partial charge in [-0.25, -0.2) is 8.78 Å². The van der Waals surface area contributed by atoms with E-state index in [1.165, 1.54) is 18.2 Å². The van der Waals surface area contributed by atoms with Gasteiger partial charge in [-0.05, 0) is 26.2 Å². The first kappa shape index (κ1) is 11.1. The lowest BCUT2D eigenvalue weighted by molar-refractivity contribution is 0.290. The van der Waals surface area contributed by atoms with Crippen molar-refractivity contribution in [2.75, 3.05) is 20.6 Å². The van der Waals surface area contributed by atoms with Gasteiger partial charge in [0.05, 0.1) is 6.04 Å². The zero-order valence-corrected chi connectivity index (χ0v) is 8.30. The molecule has 0 aromatic heterocycles. The molecule has 0 radical (unpaired) electrons. The Hall–Kier alpha value is -1.00. The summed E-state index contributed by atoms with van der Waals surface area (Å²) in [5, 5.41) is 0. The third-order valence-corrected chi connectivity index (χ3v) is 2.18. The van der Waals surface area contributed by atoms with E-state index >= 15 is 0 Å². The summed E-state index contributed by atoms with van der Waals surface area (Å²) in [6, 6.07) is 3.41. The number of hydrogen-bond acceptors (Lipinski definition) is 2. The van der Waals surface area contributed by atoms with Crippen molar-refractivity contribution in [3.8, 4) is 0 Å². The molecule has 0 aliphatic rings. The van der Waals surface area contributed by atoms with Crippen molar-refractivity contribution < 1.29 is 8.78 Å². The van der Waals surface area contributed by atoms with E-state index in [9.17, 15) is 8.78 Å². The lowest BCUT2D eigenvalue weighted by atomic mass is 10.0. The summed E-state index contributed by atoms with van der Waals surface area (Å²) in [7, 11) is 3.48. The maximum atomic E-state index is 13.3. The van der Waals surface area contributed by atoms with Crippen molar-refractivity contribution in [3.05, 3.63) is 35.4 Å². The van der Waals surface area contributed by atoms with Crippen LogP contribution in [0.25, 0.3) is 0 Å². The summed E-state index contributed by atoms with van der Waals surface area (Å²) in [6.45, 7) is 0.185. The lowest BCUT2D eigenvalue weighted by Gasteiger charge is -2.23. The van der Waals surface area contributed by atoms with Crippen LogP contribution in [0.5, 0.6) is 0 Å². The average Bonchev–Trinajstić information content (AvgIpc) is 2.10. The number of halogens is 2. The number of likely N-dealkylation sites (N-methyl/N-ethyl adjacent to an activating group) is 1. The smallest absolute Gasteiger partial charge is 0.130 e. The van der Waals surface area contributed by atoms with E-state index in [0.717, 1.165) is 0 Å². The van der Waals surface area contributed by atoms with Crippen LogP contribution in [0.15, 0.2) is 18.2 Å². The van der Waals surface area contributed by atoms with Crippen molar-refractivity contribution in [2.24, 2.45) is 5.73 Å². The SMILES string of the molecule is CN(C)[C@H](CN)c1c(F)cccc1F. The third-order valence-electron chi connectivity index (χ3n) is 2.18. The van der Waals surface area contributed by atoms with Crippen molar-refractivity contribution in [2.45, 2.75) is 6.04 Å². The molecule has 0 saturated heterocycles. The topological polar surface area (TPSA) is 29.3 Å². The molecule has 0 unspecified atom stereocenters. The molecule has 1 rings (SSSR count). The largest absolute Gasteiger partial charge is 0.329 e. The first-order valence-electron chi connectivity index (χ1n) is 4.38. The van der Waals surface area contributed by atoms with E-state index in [0.29, 0.717) is 0 Å². The van der Waals surface area contributed by atoms with Crippen molar-refractivity contribution in [3.63, 3.8) is 0 Å². The van der Waals surface area contributed by atoms with Gasteiger partial charge in [-0.3, -0.25) is 0 Å². The number of rotatable bonds is 3. The molecule has 0 aliphatic heterocycles. The molecule has 0 bridgehead atoms. The monoisotopic (exact) mass is 200 g/mol. The molecule has 0 amide bonds. The molecular weight excluding hydrogens is 186 g/mol. The van der Waals surface area contributed by atoms with Crippen LogP contribution in [0.3, 0.4) is 0 Å². The highest BCUT2D eigenvalue weighted by Crippen LogP contribution is 2.23. The molecule has 0 heterocycles. The quantitative estimate of drug-likeness (QED) is 0.801. The van der Waals surface area contributed by atoms with Crippen LogP contribution in [0.1, 0.15) is 11.6 Å². The summed E-state index contributed by atoms with van der Waals surface area (Å²) in [4.78, 5) is 1.70. The fourth-order valence-corrected chi connectivity index (χ4v) is 1.42. The number of nitrogens with zero attached hydrogens (tertiary/aromatic N) is 1. The molecule has 0 spiro atoms. The van der Waals surface area contributed by atoms with Gasteiger partial charge >= 0.3 is 0 Å². The lowest BCUT2D eigenvalue weighted by Crippen LogP contribution is -2.28. The molecule has 2 N–H and O–H groups in total. The molecule has 14 heavy (non-hydrogen) atoms. The Bertz CT molecular complexity index is 293. The Kier molecular flexibility index (Phi) is 3.55. The standard InChI is InChI=1S/C10H14F2N2/c1-14(2)9(6-13)10-7(11)4-3-5-8(10)12/h3-5,9H,6,13H2,1-2H3/t9-/m1/s1. The van der Waals surface area contributed by atoms with Crippen LogP contribution in [-0.2, 0) is 0 Å². The maximum absolute atomic E-state index is 13.3. The minimum atomic E-state index is -0.547. The normalized spacial score (nSPS) is 13.3. The summed E-state index contributed by atoms with van der Waals surface area (Å²) < 4.78 is 26.7. The van der Waals surface area contributed by atoms with Crippen LogP contribution in [0.4, 0.5) is 8.78 Å². The van der Waals surface area contributed by atoms with Crippen LogP contribution >= 0.6 is 0 Å². The molecule has 0 saturated carbocycles. The van der Waals surface area contributed by atoms with E-state index in [4.69, 9.17) is 5.73 Å². The van der Waals surface area contributed by atoms with Crippen LogP contribution in [-0.4, -0.2) is 25.5 Å². The first-order valence-corrected chi connectivity index (χ1v) is 4.38. The van der Waals surface area contributed by atoms with Gasteiger partial charge in [0, 0.05) is 12.1 Å². The summed E-state index contributed by atoms with van der Waals surface area (Å²) in [5.41, 5.74) is 5.51. The van der Waals surface area contributed by atoms with Gasteiger partial charge in [-0.15, -0.1) is 0 Å². The van der Waals surface area contributed by atoms with E-state index in [1.807, 2.05) is 0 Å². The highest BCUT2D eigenvalue weighted by atomic mass is 19.1. The van der Waals surface area contributed by atoms with Gasteiger partial charge < -0.3 is 10.6 Å². The molecule has 4 heteroatoms. The summed E-state index contributed by atoms with van der Waals surface area (Å²) in [6.07, 6.45) is 0. The molecule has 1 aromatic carbocycles. The van der Waals surface area contributed by atoms with Crippen LogP contribution in [0, 0.1) is 11.6 Å². The molecule has 78 valence electrons. The minimum absolute atomic E-state index is 0.0417. The second kappa shape index (κ2) is 4.48. The number of benzene rings is 1. The van der Waals surface area contributed by atoms with E-state index < -0.39 is 17.7 Å². The summed E-state index contributed by atoms with van der Waals surface area (Å²) >= 11 is 0. The number of nitrogens with two attached hydrogens (primary N) is 1. The van der Waals surface area contributed by atoms with Gasteiger partial charge in [0.15, 0.2) is 0 Å². The fraction of sp³-hybridized carbons (Fsp3) is 0.400. The van der Waals surface area contributed by atoms with Crippen LogP contribution < -0.4 is 5.73 Å². The van der Waals surface area contributed by atoms with E-state index in [1.54, 1.807) is 19.0 Å². The van der Waals surface area contributed by atoms with Crippen molar-refractivity contribution in [1.29, 1.82) is 0 Å². The number of hydrogen-bond donors (Lipinski definition) is 1. The second-order valence-corrected chi connectivity index (χ2v) is 3.35. The molecule has 1 atom stereocenters. The van der Waals surface area contributed by atoms with Crippen molar-refractivity contribution >= 4 is 0 Å². The predicted molar refractivity (Wildman–Crippen MR) is 51.8 cm³/mol. The Morgan fingerprint density at radius 2 is 1.79 bits per heavy atom. The van der Waals surface area contributed by atoms with E-state index in [-0.39, 0.29) is 12.1 Å². The van der Waals surface area contributed by atoms with Crippen LogP contribution in [0.2, 0.25) is 0 Å². The summed E-state index contributed by atoms with van der Waals surface area (Å²) in [5.74, 6) is -1.09. The van der Waals surface area contributed by atoms with Crippen molar-refractivity contribution in [1.82, 2.24) is 4.90 Å². The predicted octanol–water partition coefficient (Wildman–Crippen LogP) is 1.53. The zero-order valence-electron chi connectivity index (χ0n) is 8.30. The zero-order chi connectivity index (χ0) is 10.7. The van der Waals surface area contributed by atoms with Gasteiger partial charge in [-0.1, -0.05) is 6.07 Å². The Balaban J connectivity index is 3.15. The Morgan fingerprint density at radius 1 is 1.29 bits per heavy atom. The highest BCUT2D eigenvalue weighted by Gasteiger charge is 2.20. The second-order valence-electron chi connectivity index (χ2n) is 3.35. The molecule has 0 fully saturated rings. The molecule has 1 aromatic rings. The maximum Gasteiger partial charge on any atom is 0.130 e. The Morgan fingerprint density at radius 3 is 2.14 bits per heavy atom. The fourth-order valence-electron chi connectivity index (χ4n) is 1.42. The average molecular weight is 200 g/mol. The van der Waals surface area contributed by atoms with E-state index in [2.05, 4.69) is 0 Å². The first-order chi connectivity index (χ1) is 6.57. The minimum Gasteiger partial charge on any atom is -0.329 e. The van der Waals surface area contributed by atoms with Gasteiger partial charge in [0.2, 0.25) is 0 Å². The molecule has 0 aliphatic carbocycles. The third kappa shape index (κ3) is 2.08. The molecular formula is C10H14F2N2. The Labute approximate surface area is 82.3 Å². The highest BCUT2D eigenvalue weighted by molar-refractivity contribution is 5.23. The van der Waals surface area contributed by atoms with Gasteiger partial charge in [0.25, 0.3) is 0 Å².